The van der Waals surface area contributed by atoms with Crippen LogP contribution in [0.25, 0.3) is 12.3 Å². The van der Waals surface area contributed by atoms with Crippen LogP contribution in [-0.4, -0.2) is 44.7 Å². The molecule has 0 unspecified atom stereocenters. The van der Waals surface area contributed by atoms with Gasteiger partial charge in [-0.25, -0.2) is 0 Å². The van der Waals surface area contributed by atoms with Gasteiger partial charge >= 0.3 is 152 Å². The molecule has 0 saturated heterocycles. The Morgan fingerprint density at radius 3 is 1.21 bits per heavy atom. The van der Waals surface area contributed by atoms with Gasteiger partial charge in [0.2, 0.25) is 0 Å². The number of ether oxygens (including phenoxy) is 2. The zero-order valence-corrected chi connectivity index (χ0v) is 22.5. The molecule has 0 aliphatic rings. The molecule has 0 bridgehead atoms. The van der Waals surface area contributed by atoms with Crippen molar-refractivity contribution in [3.63, 3.8) is 0 Å². The van der Waals surface area contributed by atoms with E-state index in [4.69, 9.17) is 9.47 Å². The normalized spacial score (nSPS) is 8.93. The molecular weight excluding hydrogens is 722 g/mol. The molecule has 0 aliphatic carbocycles. The average Bonchev–Trinajstić information content (AvgIpc) is 2.99. The van der Waals surface area contributed by atoms with Crippen LogP contribution in [0.2, 0.25) is 0 Å². The quantitative estimate of drug-likeness (QED) is 0.284. The number of hydrogen-bond acceptors (Lipinski definition) is 2. The van der Waals surface area contributed by atoms with Crippen molar-refractivity contribution in [3.05, 3.63) is 74.4 Å². The van der Waals surface area contributed by atoms with Crippen LogP contribution in [0.15, 0.2) is 24.8 Å². The monoisotopic (exact) mass is 760 g/mol. The van der Waals surface area contributed by atoms with Crippen molar-refractivity contribution in [2.75, 3.05) is 26.4 Å². The minimum atomic E-state index is 0. The third kappa shape index (κ3) is 11.6. The largest absolute Gasteiger partial charge is 0.693 e. The molecule has 0 fully saturated rings. The Balaban J connectivity index is -0.000000294. The van der Waals surface area contributed by atoms with Gasteiger partial charge in [0, 0.05) is 0 Å². The smallest absolute Gasteiger partial charge is 0.358 e. The predicted octanol–water partition coefficient (Wildman–Crippen LogP) is 4.09. The Morgan fingerprint density at radius 2 is 0.964 bits per heavy atom. The molecule has 0 amide bonds. The fourth-order valence-corrected chi connectivity index (χ4v) is 3.15. The summed E-state index contributed by atoms with van der Waals surface area (Å²) in [5, 5.41) is 0. The second-order valence-electron chi connectivity index (χ2n) is 4.91. The molecule has 2 rings (SSSR count). The number of rotatable bonds is 9. The topological polar surface area (TPSA) is 105 Å². The van der Waals surface area contributed by atoms with Crippen LogP contribution in [0, 0.1) is 37.3 Å². The molecule has 10 heteroatoms. The van der Waals surface area contributed by atoms with Crippen molar-refractivity contribution in [3.8, 4) is 0 Å². The number of nitrogens with zero attached hydrogens (tertiary/aromatic N) is 4. The van der Waals surface area contributed by atoms with Gasteiger partial charge in [-0.05, 0) is 0 Å². The van der Waals surface area contributed by atoms with Gasteiger partial charge in [0.05, 0.1) is 0 Å². The zero-order chi connectivity index (χ0) is 15.9. The van der Waals surface area contributed by atoms with Gasteiger partial charge in [0.1, 0.15) is 0 Å². The van der Waals surface area contributed by atoms with E-state index in [0.29, 0.717) is 26.4 Å². The van der Waals surface area contributed by atoms with Crippen LogP contribution in [0.5, 0.6) is 0 Å². The number of nitrogens with two attached hydrogens (primary N) is 2. The summed E-state index contributed by atoms with van der Waals surface area (Å²) >= 11 is 4.63. The molecule has 0 saturated carbocycles. The van der Waals surface area contributed by atoms with Crippen LogP contribution in [0.4, 0.5) is 0 Å². The van der Waals surface area contributed by atoms with Crippen molar-refractivity contribution >= 4 is 0 Å². The van der Waals surface area contributed by atoms with Gasteiger partial charge < -0.3 is 42.0 Å². The van der Waals surface area contributed by atoms with Crippen molar-refractivity contribution in [2.45, 2.75) is 13.1 Å². The summed E-state index contributed by atoms with van der Waals surface area (Å²) in [4.78, 5) is 0. The minimum Gasteiger partial charge on any atom is -0.693 e. The van der Waals surface area contributed by atoms with E-state index in [0.717, 1.165) is 13.1 Å². The Labute approximate surface area is 193 Å². The molecule has 0 aliphatic heterocycles. The first-order chi connectivity index (χ1) is 10.6. The number of imidazole rings is 2. The van der Waals surface area contributed by atoms with Crippen molar-refractivity contribution in [1.29, 1.82) is 0 Å². The molecule has 0 atom stereocenters. The van der Waals surface area contributed by atoms with E-state index in [9.17, 15) is 0 Å². The molecule has 2 heterocycles. The first-order valence-corrected chi connectivity index (χ1v) is 9.36. The molecule has 0 radical (unpaired) electrons. The van der Waals surface area contributed by atoms with E-state index < -0.39 is 0 Å². The number of hydrogen-bond donors (Lipinski definition) is 0. The minimum absolute atomic E-state index is 0. The Morgan fingerprint density at radius 1 is 0.643 bits per heavy atom. The van der Waals surface area contributed by atoms with Gasteiger partial charge in [-0.15, -0.1) is 0 Å². The van der Waals surface area contributed by atoms with Crippen LogP contribution < -0.4 is 0 Å². The summed E-state index contributed by atoms with van der Waals surface area (Å²) in [6.45, 7) is 4.44. The Bertz CT molecular complexity index is 645. The van der Waals surface area contributed by atoms with Crippen LogP contribution >= 0.6 is 0 Å². The van der Waals surface area contributed by atoms with Crippen LogP contribution in [0.1, 0.15) is 0 Å². The van der Waals surface area contributed by atoms with E-state index in [1.54, 1.807) is 0 Å². The molecule has 28 heavy (non-hydrogen) atoms. The summed E-state index contributed by atoms with van der Waals surface area (Å²) in [6.07, 6.45) is 8.24. The maximum atomic E-state index is 5.61. The first kappa shape index (κ1) is 38.3. The molecular formula is C18H38N6O2Pt2-6. The van der Waals surface area contributed by atoms with E-state index in [2.05, 4.69) is 69.4 Å². The average molecular weight is 761 g/mol. The van der Waals surface area contributed by atoms with Crippen LogP contribution in [0.3, 0.4) is 0 Å². The maximum absolute atomic E-state index is 5.61. The van der Waals surface area contributed by atoms with Gasteiger partial charge in [0.15, 0.2) is 0 Å². The van der Waals surface area contributed by atoms with E-state index >= 15 is 0 Å². The van der Waals surface area contributed by atoms with Crippen molar-refractivity contribution in [1.82, 2.24) is 18.3 Å². The summed E-state index contributed by atoms with van der Waals surface area (Å²) in [6, 6.07) is 0. The van der Waals surface area contributed by atoms with Gasteiger partial charge in [-0.2, -0.15) is 0 Å². The Kier molecular flexibility index (Phi) is 27.2. The van der Waals surface area contributed by atoms with E-state index in [-0.39, 0.29) is 42.0 Å². The zero-order valence-electron chi connectivity index (χ0n) is 17.9. The molecule has 4 N–H and O–H groups in total. The SMILES string of the molecule is Cn1ccn(CCOCCOCCn2ccn(C)[c]2=[Pt])[c]1=[Pt].[CH3-].[CH3-].[CH3-].[CH3-].[NH2-].[NH2-]. The molecule has 2 aromatic heterocycles. The van der Waals surface area contributed by atoms with E-state index in [1.807, 2.05) is 26.5 Å². The maximum Gasteiger partial charge on any atom is -0.358 e. The molecule has 2 aromatic rings. The number of aromatic nitrogens is 4. The summed E-state index contributed by atoms with van der Waals surface area (Å²) in [5.74, 6) is 0. The fraction of sp³-hybridized carbons (Fsp3) is 0.444. The molecule has 8 nitrogen and oxygen atoms in total. The van der Waals surface area contributed by atoms with E-state index in [1.165, 1.54) is 7.61 Å². The summed E-state index contributed by atoms with van der Waals surface area (Å²) in [5.41, 5.74) is 0. The second-order valence-corrected chi connectivity index (χ2v) is 6.94. The molecule has 0 aromatic carbocycles. The van der Waals surface area contributed by atoms with Gasteiger partial charge in [0.25, 0.3) is 0 Å². The summed E-state index contributed by atoms with van der Waals surface area (Å²) in [7, 11) is 4.08. The standard InChI is InChI=1S/C14H22N4O2.4CH3.2H2N.2Pt/c1-15-3-5-17(13-15)7-9-19-11-12-20-10-8-18-6-4-16(2)14-18;;;;;;;;/h3-6H,7-12H2,1-2H3;4*1H3;2*1H2;;/q;6*-1;;. The molecule has 0 spiro atoms. The van der Waals surface area contributed by atoms with Crippen LogP contribution in [-0.2, 0) is 75.4 Å². The first-order valence-electron chi connectivity index (χ1n) is 7.09. The second kappa shape index (κ2) is 19.9. The summed E-state index contributed by atoms with van der Waals surface area (Å²) < 4.78 is 22.2. The Hall–Kier alpha value is -0.363. The predicted molar refractivity (Wildman–Crippen MR) is 111 cm³/mol. The van der Waals surface area contributed by atoms with Crippen molar-refractivity contribution < 1.29 is 48.2 Å². The van der Waals surface area contributed by atoms with Gasteiger partial charge in [-0.3, -0.25) is 0 Å². The molecule has 178 valence electrons. The number of aryl methyl sites for hydroxylation is 2. The van der Waals surface area contributed by atoms with Crippen molar-refractivity contribution in [2.24, 2.45) is 14.1 Å². The third-order valence-electron chi connectivity index (χ3n) is 3.24. The van der Waals surface area contributed by atoms with Gasteiger partial charge in [-0.1, -0.05) is 0 Å². The fourth-order valence-electron chi connectivity index (χ4n) is 1.96. The third-order valence-corrected chi connectivity index (χ3v) is 6.15.